The van der Waals surface area contributed by atoms with Gasteiger partial charge >= 0.3 is 6.03 Å². The highest BCUT2D eigenvalue weighted by atomic mass is 16.5. The minimum absolute atomic E-state index is 0.0389. The maximum absolute atomic E-state index is 13.1. The topological polar surface area (TPSA) is 119 Å². The second-order valence-electron chi connectivity index (χ2n) is 8.17. The lowest BCUT2D eigenvalue weighted by atomic mass is 9.94. The highest BCUT2D eigenvalue weighted by Crippen LogP contribution is 2.39. The van der Waals surface area contributed by atoms with Crippen LogP contribution in [0.2, 0.25) is 0 Å². The number of carbonyl (C=O) groups is 1. The number of methoxy groups -OCH3 is 2. The van der Waals surface area contributed by atoms with Crippen LogP contribution in [0.1, 0.15) is 37.8 Å². The van der Waals surface area contributed by atoms with Crippen molar-refractivity contribution in [1.82, 2.24) is 20.4 Å². The molecule has 0 fully saturated rings. The van der Waals surface area contributed by atoms with E-state index < -0.39 is 6.04 Å². The highest BCUT2D eigenvalue weighted by Gasteiger charge is 2.36. The number of aromatic nitrogens is 2. The first-order valence-electron chi connectivity index (χ1n) is 11.7. The summed E-state index contributed by atoms with van der Waals surface area (Å²) < 4.78 is 21.6. The van der Waals surface area contributed by atoms with Crippen molar-refractivity contribution in [3.63, 3.8) is 0 Å². The summed E-state index contributed by atoms with van der Waals surface area (Å²) in [6.45, 7) is 5.39. The largest absolute Gasteiger partial charge is 0.504 e. The fourth-order valence-electron chi connectivity index (χ4n) is 4.15. The third-order valence-corrected chi connectivity index (χ3v) is 5.99. The number of nitrogens with zero attached hydrogens (tertiary/aromatic N) is 3. The second kappa shape index (κ2) is 11.1. The Morgan fingerprint density at radius 2 is 2.00 bits per heavy atom. The smallest absolute Gasteiger partial charge is 0.322 e. The minimum Gasteiger partial charge on any atom is -0.504 e. The Hall–Kier alpha value is -4.05. The number of nitrogens with one attached hydrogen (secondary N) is 1. The van der Waals surface area contributed by atoms with Crippen molar-refractivity contribution in [1.29, 1.82) is 0 Å². The monoisotopic (exact) mass is 494 g/mol. The number of amides is 2. The van der Waals surface area contributed by atoms with E-state index in [1.54, 1.807) is 30.2 Å². The molecule has 2 aromatic carbocycles. The van der Waals surface area contributed by atoms with Gasteiger partial charge in [-0.05, 0) is 50.1 Å². The Bertz CT molecular complexity index is 1250. The van der Waals surface area contributed by atoms with Crippen LogP contribution in [-0.4, -0.2) is 60.2 Å². The number of carbonyl (C=O) groups excluding carboxylic acids is 1. The quantitative estimate of drug-likeness (QED) is 0.399. The Kier molecular flexibility index (Phi) is 7.74. The van der Waals surface area contributed by atoms with E-state index in [1.807, 2.05) is 38.1 Å². The molecule has 1 aliphatic rings. The van der Waals surface area contributed by atoms with E-state index >= 15 is 0 Å². The lowest BCUT2D eigenvalue weighted by molar-refractivity contribution is 0.136. The maximum Gasteiger partial charge on any atom is 0.322 e. The molecular weight excluding hydrogens is 464 g/mol. The van der Waals surface area contributed by atoms with Crippen LogP contribution in [0, 0.1) is 0 Å². The third-order valence-electron chi connectivity index (χ3n) is 5.99. The molecule has 10 heteroatoms. The Morgan fingerprint density at radius 1 is 1.17 bits per heavy atom. The number of hydrogen-bond acceptors (Lipinski definition) is 8. The van der Waals surface area contributed by atoms with E-state index in [-0.39, 0.29) is 17.7 Å². The van der Waals surface area contributed by atoms with Crippen LogP contribution in [0.5, 0.6) is 17.2 Å². The molecular formula is C26H30N4O6. The van der Waals surface area contributed by atoms with Gasteiger partial charge in [0, 0.05) is 31.0 Å². The van der Waals surface area contributed by atoms with Gasteiger partial charge < -0.3 is 29.2 Å². The average Bonchev–Trinajstić information content (AvgIpc) is 3.37. The van der Waals surface area contributed by atoms with Gasteiger partial charge in [0.1, 0.15) is 5.75 Å². The zero-order valence-electron chi connectivity index (χ0n) is 20.8. The summed E-state index contributed by atoms with van der Waals surface area (Å²) in [5.41, 5.74) is 2.69. The average molecular weight is 495 g/mol. The minimum atomic E-state index is -0.629. The second-order valence-corrected chi connectivity index (χ2v) is 8.17. The van der Waals surface area contributed by atoms with Crippen LogP contribution in [0.3, 0.4) is 0 Å². The van der Waals surface area contributed by atoms with Gasteiger partial charge in [0.15, 0.2) is 11.5 Å². The van der Waals surface area contributed by atoms with Gasteiger partial charge in [-0.15, -0.1) is 0 Å². The Balaban J connectivity index is 1.76. The fraction of sp³-hybridized carbons (Fsp3) is 0.346. The van der Waals surface area contributed by atoms with Gasteiger partial charge in [-0.3, -0.25) is 4.90 Å². The van der Waals surface area contributed by atoms with Gasteiger partial charge in [-0.2, -0.15) is 4.98 Å². The zero-order chi connectivity index (χ0) is 25.7. The molecule has 2 heterocycles. The number of ether oxygens (including phenoxy) is 3. The molecule has 10 nitrogen and oxygen atoms in total. The number of hydrogen-bond donors (Lipinski definition) is 2. The first kappa shape index (κ1) is 25.1. The number of rotatable bonds is 10. The van der Waals surface area contributed by atoms with Crippen LogP contribution in [0.15, 0.2) is 52.7 Å². The molecule has 0 spiro atoms. The summed E-state index contributed by atoms with van der Waals surface area (Å²) in [7, 11) is 3.07. The summed E-state index contributed by atoms with van der Waals surface area (Å²) in [6.07, 6.45) is 0.665. The van der Waals surface area contributed by atoms with Crippen molar-refractivity contribution in [2.24, 2.45) is 0 Å². The normalized spacial score (nSPS) is 15.7. The van der Waals surface area contributed by atoms with Crippen molar-refractivity contribution in [2.45, 2.75) is 26.3 Å². The van der Waals surface area contributed by atoms with Gasteiger partial charge in [0.05, 0.1) is 25.8 Å². The molecule has 1 aromatic heterocycles. The van der Waals surface area contributed by atoms with Crippen molar-refractivity contribution in [3.05, 3.63) is 59.6 Å². The molecule has 1 aliphatic heterocycles. The van der Waals surface area contributed by atoms with Crippen LogP contribution in [0.4, 0.5) is 4.79 Å². The SMILES string of the molecule is CCOCCCN1C(=O)NC(c2ccc(OC)c(O)c2)C(c2nc(-c3cccc(OC)c3)no2)=C1C. The summed E-state index contributed by atoms with van der Waals surface area (Å²) in [5.74, 6) is 1.62. The molecule has 0 radical (unpaired) electrons. The summed E-state index contributed by atoms with van der Waals surface area (Å²) >= 11 is 0. The number of benzene rings is 2. The maximum atomic E-state index is 13.1. The molecule has 3 aromatic rings. The van der Waals surface area contributed by atoms with Crippen molar-refractivity contribution in [2.75, 3.05) is 34.0 Å². The first-order chi connectivity index (χ1) is 17.5. The van der Waals surface area contributed by atoms with Gasteiger partial charge in [0.2, 0.25) is 5.82 Å². The molecule has 1 unspecified atom stereocenters. The van der Waals surface area contributed by atoms with Crippen molar-refractivity contribution < 1.29 is 28.6 Å². The lowest BCUT2D eigenvalue weighted by Gasteiger charge is -2.35. The van der Waals surface area contributed by atoms with E-state index in [9.17, 15) is 9.90 Å². The molecule has 0 aliphatic carbocycles. The van der Waals surface area contributed by atoms with E-state index in [2.05, 4.69) is 15.5 Å². The number of urea groups is 1. The fourth-order valence-corrected chi connectivity index (χ4v) is 4.15. The van der Waals surface area contributed by atoms with Crippen LogP contribution in [-0.2, 0) is 4.74 Å². The van der Waals surface area contributed by atoms with Crippen LogP contribution in [0.25, 0.3) is 17.0 Å². The van der Waals surface area contributed by atoms with Crippen molar-refractivity contribution in [3.8, 4) is 28.6 Å². The van der Waals surface area contributed by atoms with E-state index in [4.69, 9.17) is 18.7 Å². The van der Waals surface area contributed by atoms with E-state index in [0.29, 0.717) is 60.3 Å². The number of phenolic OH excluding ortho intramolecular Hbond substituents is 1. The molecule has 0 saturated carbocycles. The molecule has 4 rings (SSSR count). The van der Waals surface area contributed by atoms with Gasteiger partial charge in [0.25, 0.3) is 5.89 Å². The van der Waals surface area contributed by atoms with Crippen LogP contribution >= 0.6 is 0 Å². The lowest BCUT2D eigenvalue weighted by Crippen LogP contribution is -2.46. The van der Waals surface area contributed by atoms with E-state index in [0.717, 1.165) is 5.56 Å². The molecule has 2 N–H and O–H groups in total. The standard InChI is InChI=1S/C26H30N4O6/c1-5-35-13-7-12-30-16(2)22(23(27-26(30)32)17-10-11-21(34-4)20(31)15-17)25-28-24(29-36-25)18-8-6-9-19(14-18)33-3/h6,8-11,14-15,23,31H,5,7,12-13H2,1-4H3,(H,27,32). The molecule has 190 valence electrons. The van der Waals surface area contributed by atoms with Gasteiger partial charge in [-0.25, -0.2) is 4.79 Å². The van der Waals surface area contributed by atoms with E-state index in [1.165, 1.54) is 7.11 Å². The molecule has 0 saturated heterocycles. The van der Waals surface area contributed by atoms with Crippen LogP contribution < -0.4 is 14.8 Å². The molecule has 1 atom stereocenters. The summed E-state index contributed by atoms with van der Waals surface area (Å²) in [5, 5.41) is 17.6. The number of phenols is 1. The summed E-state index contributed by atoms with van der Waals surface area (Å²) in [4.78, 5) is 19.4. The van der Waals surface area contributed by atoms with Gasteiger partial charge in [-0.1, -0.05) is 23.4 Å². The third kappa shape index (κ3) is 5.13. The van der Waals surface area contributed by atoms with Crippen molar-refractivity contribution >= 4 is 11.6 Å². The predicted octanol–water partition coefficient (Wildman–Crippen LogP) is 4.38. The predicted molar refractivity (Wildman–Crippen MR) is 133 cm³/mol. The Morgan fingerprint density at radius 3 is 2.72 bits per heavy atom. The Labute approximate surface area is 209 Å². The molecule has 36 heavy (non-hydrogen) atoms. The summed E-state index contributed by atoms with van der Waals surface area (Å²) in [6, 6.07) is 11.4. The number of aromatic hydroxyl groups is 1. The zero-order valence-corrected chi connectivity index (χ0v) is 20.8. The molecule has 0 bridgehead atoms. The number of allylic oxidation sites excluding steroid dienone is 1. The highest BCUT2D eigenvalue weighted by molar-refractivity contribution is 5.87. The first-order valence-corrected chi connectivity index (χ1v) is 11.7. The molecule has 2 amide bonds.